The van der Waals surface area contributed by atoms with Crippen LogP contribution in [0, 0.1) is 0 Å². The molecule has 0 aliphatic rings. The highest BCUT2D eigenvalue weighted by atomic mass is 16.3. The quantitative estimate of drug-likeness (QED) is 0.168. The molecule has 0 aliphatic heterocycles. The van der Waals surface area contributed by atoms with E-state index in [4.69, 9.17) is 9.40 Å². The van der Waals surface area contributed by atoms with Gasteiger partial charge in [-0.05, 0) is 82.6 Å². The van der Waals surface area contributed by atoms with E-state index >= 15 is 0 Å². The van der Waals surface area contributed by atoms with E-state index in [9.17, 15) is 0 Å². The summed E-state index contributed by atoms with van der Waals surface area (Å²) < 4.78 is 13.5. The third-order valence-electron chi connectivity index (χ3n) is 12.8. The highest BCUT2D eigenvalue weighted by Gasteiger charge is 2.20. The maximum absolute atomic E-state index is 6.39. The van der Waals surface area contributed by atoms with E-state index in [1.807, 2.05) is 12.1 Å². The first-order valence-electron chi connectivity index (χ1n) is 20.5. The van der Waals surface area contributed by atoms with Crippen molar-refractivity contribution in [2.75, 3.05) is 0 Å². The van der Waals surface area contributed by atoms with Crippen molar-refractivity contribution >= 4 is 104 Å². The number of pyridine rings is 1. The van der Waals surface area contributed by atoms with Crippen molar-refractivity contribution in [2.45, 2.75) is 0 Å². The molecule has 0 atom stereocenters. The third kappa shape index (κ3) is 4.27. The molecule has 5 heterocycles. The molecule has 0 spiro atoms. The summed E-state index contributed by atoms with van der Waals surface area (Å²) in [7, 11) is 0. The Labute approximate surface area is 342 Å². The summed E-state index contributed by atoms with van der Waals surface area (Å²) in [5, 5.41) is 11.8. The van der Waals surface area contributed by atoms with Crippen LogP contribution < -0.4 is 0 Å². The van der Waals surface area contributed by atoms with Crippen LogP contribution in [0.15, 0.2) is 199 Å². The van der Waals surface area contributed by atoms with E-state index < -0.39 is 0 Å². The monoisotopic (exact) mass is 764 g/mol. The molecular weight excluding hydrogens is 733 g/mol. The second-order valence-electron chi connectivity index (χ2n) is 16.0. The first-order chi connectivity index (χ1) is 29.7. The van der Waals surface area contributed by atoms with Crippen LogP contribution in [0.4, 0.5) is 0 Å². The minimum atomic E-state index is 0.848. The van der Waals surface area contributed by atoms with Crippen LogP contribution in [0.5, 0.6) is 0 Å². The van der Waals surface area contributed by atoms with Gasteiger partial charge in [0.2, 0.25) is 0 Å². The molecule has 0 amide bonds. The van der Waals surface area contributed by atoms with Crippen molar-refractivity contribution in [1.82, 2.24) is 18.5 Å². The summed E-state index contributed by atoms with van der Waals surface area (Å²) in [6, 6.07) is 68.2. The number of benzene rings is 9. The molecule has 14 rings (SSSR count). The van der Waals surface area contributed by atoms with E-state index in [2.05, 4.69) is 196 Å². The lowest BCUT2D eigenvalue weighted by Gasteiger charge is -2.16. The lowest BCUT2D eigenvalue weighted by molar-refractivity contribution is 0.666. The lowest BCUT2D eigenvalue weighted by atomic mass is 9.95. The summed E-state index contributed by atoms with van der Waals surface area (Å²) in [5.41, 5.74) is 13.9. The summed E-state index contributed by atoms with van der Waals surface area (Å²) >= 11 is 0. The standard InChI is InChI=1S/C55H32N4O/c1-2-19-43-37(13-1)45-29-33(25-26-44(45)55-54(43)56-53-31-46-42-18-7-12-24-51(42)60-52(46)32-57(53)55)34-27-35(58-47-20-8-3-14-38(47)39-15-4-9-21-48(39)58)30-36(28-34)59-49-22-10-5-16-40(49)41-17-6-11-23-50(41)59/h1-32H. The number of nitrogens with zero attached hydrogens (tertiary/aromatic N) is 4. The van der Waals surface area contributed by atoms with Gasteiger partial charge in [0.05, 0.1) is 39.3 Å². The molecule has 0 bridgehead atoms. The van der Waals surface area contributed by atoms with Gasteiger partial charge in [-0.25, -0.2) is 4.98 Å². The average molecular weight is 765 g/mol. The van der Waals surface area contributed by atoms with E-state index in [1.54, 1.807) is 0 Å². The number of aromatic nitrogens is 4. The fraction of sp³-hybridized carbons (Fsp3) is 0. The van der Waals surface area contributed by atoms with Gasteiger partial charge < -0.3 is 13.6 Å². The van der Waals surface area contributed by atoms with Crippen LogP contribution in [0.25, 0.3) is 126 Å². The van der Waals surface area contributed by atoms with Gasteiger partial charge in [0.1, 0.15) is 11.2 Å². The molecule has 0 fully saturated rings. The summed E-state index contributed by atoms with van der Waals surface area (Å²) in [5.74, 6) is 0. The molecule has 60 heavy (non-hydrogen) atoms. The van der Waals surface area contributed by atoms with Gasteiger partial charge in [0.25, 0.3) is 0 Å². The molecule has 0 radical (unpaired) electrons. The Morgan fingerprint density at radius 2 is 0.867 bits per heavy atom. The molecule has 5 aromatic heterocycles. The second kappa shape index (κ2) is 11.7. The molecule has 0 unspecified atom stereocenters. The van der Waals surface area contributed by atoms with E-state index in [0.717, 1.165) is 71.9 Å². The van der Waals surface area contributed by atoms with Crippen molar-refractivity contribution < 1.29 is 4.42 Å². The largest absolute Gasteiger partial charge is 0.455 e. The molecule has 0 saturated heterocycles. The molecule has 14 aromatic rings. The minimum absolute atomic E-state index is 0.848. The van der Waals surface area contributed by atoms with Crippen LogP contribution in [0.3, 0.4) is 0 Å². The van der Waals surface area contributed by atoms with Crippen LogP contribution in [-0.4, -0.2) is 18.5 Å². The van der Waals surface area contributed by atoms with Crippen LogP contribution >= 0.6 is 0 Å². The Bertz CT molecular complexity index is 3900. The highest BCUT2D eigenvalue weighted by molar-refractivity contribution is 6.25. The lowest BCUT2D eigenvalue weighted by Crippen LogP contribution is -2.00. The first kappa shape index (κ1) is 31.9. The predicted octanol–water partition coefficient (Wildman–Crippen LogP) is 14.6. The number of imidazole rings is 1. The number of furan rings is 1. The number of para-hydroxylation sites is 5. The molecule has 0 N–H and O–H groups in total. The zero-order valence-corrected chi connectivity index (χ0v) is 32.2. The normalized spacial score (nSPS) is 12.3. The van der Waals surface area contributed by atoms with E-state index in [1.165, 1.54) is 54.4 Å². The molecule has 5 nitrogen and oxygen atoms in total. The number of fused-ring (bicyclic) bond motifs is 17. The third-order valence-corrected chi connectivity index (χ3v) is 12.8. The van der Waals surface area contributed by atoms with Gasteiger partial charge in [-0.15, -0.1) is 0 Å². The molecule has 0 saturated carbocycles. The van der Waals surface area contributed by atoms with Crippen molar-refractivity contribution in [3.63, 3.8) is 0 Å². The van der Waals surface area contributed by atoms with Gasteiger partial charge in [-0.3, -0.25) is 4.40 Å². The average Bonchev–Trinajstić information content (AvgIpc) is 4.06. The Morgan fingerprint density at radius 1 is 0.350 bits per heavy atom. The minimum Gasteiger partial charge on any atom is -0.455 e. The van der Waals surface area contributed by atoms with Gasteiger partial charge in [-0.1, -0.05) is 127 Å². The summed E-state index contributed by atoms with van der Waals surface area (Å²) in [4.78, 5) is 5.31. The zero-order chi connectivity index (χ0) is 39.1. The van der Waals surface area contributed by atoms with Gasteiger partial charge in [0, 0.05) is 54.5 Å². The van der Waals surface area contributed by atoms with Crippen LogP contribution in [-0.2, 0) is 0 Å². The molecule has 9 aromatic carbocycles. The predicted molar refractivity (Wildman–Crippen MR) is 249 cm³/mol. The van der Waals surface area contributed by atoms with Crippen LogP contribution in [0.2, 0.25) is 0 Å². The molecule has 5 heteroatoms. The second-order valence-corrected chi connectivity index (χ2v) is 16.0. The Morgan fingerprint density at radius 3 is 1.47 bits per heavy atom. The molecule has 278 valence electrons. The van der Waals surface area contributed by atoms with Crippen LogP contribution in [0.1, 0.15) is 0 Å². The number of hydrogen-bond acceptors (Lipinski definition) is 2. The highest BCUT2D eigenvalue weighted by Crippen LogP contribution is 2.42. The first-order valence-corrected chi connectivity index (χ1v) is 20.5. The van der Waals surface area contributed by atoms with Gasteiger partial charge in [-0.2, -0.15) is 0 Å². The van der Waals surface area contributed by atoms with Gasteiger partial charge >= 0.3 is 0 Å². The van der Waals surface area contributed by atoms with Gasteiger partial charge in [0.15, 0.2) is 5.58 Å². The van der Waals surface area contributed by atoms with Crippen molar-refractivity contribution in [2.24, 2.45) is 0 Å². The zero-order valence-electron chi connectivity index (χ0n) is 32.2. The van der Waals surface area contributed by atoms with Crippen molar-refractivity contribution in [1.29, 1.82) is 0 Å². The maximum atomic E-state index is 6.39. The van der Waals surface area contributed by atoms with Crippen molar-refractivity contribution in [3.8, 4) is 22.5 Å². The Kier molecular flexibility index (Phi) is 6.23. The molecule has 0 aliphatic carbocycles. The molecular formula is C55H32N4O. The fourth-order valence-corrected chi connectivity index (χ4v) is 10.2. The topological polar surface area (TPSA) is 40.3 Å². The summed E-state index contributed by atoms with van der Waals surface area (Å²) in [6.45, 7) is 0. The van der Waals surface area contributed by atoms with E-state index in [-0.39, 0.29) is 0 Å². The number of rotatable bonds is 3. The SMILES string of the molecule is c1ccc2c(c1)oc1cn3c(cc12)nc1c2ccccc2c2cc(-c4cc(-n5c6ccccc6c6ccccc65)cc(-n5c6ccccc6c6ccccc65)c4)ccc2c13. The number of hydrogen-bond donors (Lipinski definition) is 0. The fourth-order valence-electron chi connectivity index (χ4n) is 10.2. The Balaban J connectivity index is 1.07. The summed E-state index contributed by atoms with van der Waals surface area (Å²) in [6.07, 6.45) is 2.12. The van der Waals surface area contributed by atoms with Crippen molar-refractivity contribution in [3.05, 3.63) is 194 Å². The Hall–Kier alpha value is -8.15. The smallest absolute Gasteiger partial charge is 0.152 e. The van der Waals surface area contributed by atoms with E-state index in [0.29, 0.717) is 0 Å². The maximum Gasteiger partial charge on any atom is 0.152 e.